The number of fused-ring (bicyclic) bond motifs is 6. The number of para-hydroxylation sites is 1. The van der Waals surface area contributed by atoms with E-state index in [0.717, 1.165) is 22.4 Å². The Morgan fingerprint density at radius 1 is 0.759 bits per heavy atom. The molecule has 140 valence electrons. The van der Waals surface area contributed by atoms with Crippen molar-refractivity contribution in [3.63, 3.8) is 0 Å². The fraction of sp³-hybridized carbons (Fsp3) is 0.115. The van der Waals surface area contributed by atoms with Crippen LogP contribution in [0.25, 0.3) is 44.3 Å². The SMILES string of the molecule is Cc1ccnc(-c2cccc3c2oc2c[c]4c(cc23)-c2cccc[c]2[Ge]4([CH3])[CH3])c1. The number of furan rings is 1. The molecule has 5 aromatic rings. The molecule has 0 bridgehead atoms. The van der Waals surface area contributed by atoms with Gasteiger partial charge in [-0.3, -0.25) is 0 Å². The third-order valence-corrected chi connectivity index (χ3v) is 13.8. The summed E-state index contributed by atoms with van der Waals surface area (Å²) >= 11 is -2.29. The van der Waals surface area contributed by atoms with Gasteiger partial charge in [0.25, 0.3) is 0 Å². The van der Waals surface area contributed by atoms with Crippen molar-refractivity contribution >= 4 is 44.0 Å². The Labute approximate surface area is 172 Å². The number of aryl methyl sites for hydroxylation is 1. The molecule has 29 heavy (non-hydrogen) atoms. The van der Waals surface area contributed by atoms with Crippen molar-refractivity contribution in [2.45, 2.75) is 18.4 Å². The second-order valence-corrected chi connectivity index (χ2v) is 17.6. The average molecular weight is 436 g/mol. The first-order chi connectivity index (χ1) is 14.0. The van der Waals surface area contributed by atoms with E-state index >= 15 is 0 Å². The maximum absolute atomic E-state index is 6.49. The standard InChI is InChI=1S/C26H21GeNO/c1-16-11-12-28-24(13-16)19-9-6-8-18-21-14-20-17-7-4-5-10-22(17)27(2,3)23(20)15-25(21)29-26(18)19/h4-15H,1-3H3. The van der Waals surface area contributed by atoms with Gasteiger partial charge in [-0.1, -0.05) is 0 Å². The van der Waals surface area contributed by atoms with Crippen LogP contribution in [0.2, 0.25) is 11.5 Å². The maximum atomic E-state index is 6.49. The Morgan fingerprint density at radius 3 is 2.45 bits per heavy atom. The molecule has 3 heteroatoms. The van der Waals surface area contributed by atoms with Crippen molar-refractivity contribution < 1.29 is 4.42 Å². The molecule has 0 aliphatic carbocycles. The van der Waals surface area contributed by atoms with Crippen molar-refractivity contribution in [2.75, 3.05) is 0 Å². The number of aromatic nitrogens is 1. The van der Waals surface area contributed by atoms with Crippen LogP contribution in [0.5, 0.6) is 0 Å². The van der Waals surface area contributed by atoms with Gasteiger partial charge in [0, 0.05) is 0 Å². The molecule has 0 atom stereocenters. The van der Waals surface area contributed by atoms with Crippen LogP contribution >= 0.6 is 0 Å². The van der Waals surface area contributed by atoms with Gasteiger partial charge in [-0.25, -0.2) is 0 Å². The minimum absolute atomic E-state index is 0.933. The molecule has 0 radical (unpaired) electrons. The van der Waals surface area contributed by atoms with Gasteiger partial charge in [-0.2, -0.15) is 0 Å². The average Bonchev–Trinajstić information content (AvgIpc) is 3.20. The molecule has 2 nitrogen and oxygen atoms in total. The summed E-state index contributed by atoms with van der Waals surface area (Å²) in [5.41, 5.74) is 7.97. The van der Waals surface area contributed by atoms with Gasteiger partial charge < -0.3 is 0 Å². The first-order valence-corrected chi connectivity index (χ1v) is 16.4. The van der Waals surface area contributed by atoms with Crippen LogP contribution in [0.1, 0.15) is 5.56 Å². The van der Waals surface area contributed by atoms with Crippen LogP contribution in [0, 0.1) is 6.92 Å². The molecular weight excluding hydrogens is 415 g/mol. The van der Waals surface area contributed by atoms with Crippen molar-refractivity contribution in [1.82, 2.24) is 4.98 Å². The summed E-state index contributed by atoms with van der Waals surface area (Å²) in [4.78, 5) is 4.59. The zero-order valence-electron chi connectivity index (χ0n) is 16.8. The molecule has 0 saturated carbocycles. The van der Waals surface area contributed by atoms with E-state index in [-0.39, 0.29) is 0 Å². The summed E-state index contributed by atoms with van der Waals surface area (Å²) in [6.45, 7) is 2.10. The molecular formula is C26H21GeNO. The van der Waals surface area contributed by atoms with Crippen LogP contribution in [-0.2, 0) is 0 Å². The van der Waals surface area contributed by atoms with Gasteiger partial charge in [-0.05, 0) is 0 Å². The summed E-state index contributed by atoms with van der Waals surface area (Å²) in [6.07, 6.45) is 1.87. The van der Waals surface area contributed by atoms with Crippen LogP contribution in [0.4, 0.5) is 0 Å². The first kappa shape index (κ1) is 17.0. The summed E-state index contributed by atoms with van der Waals surface area (Å²) in [5, 5.41) is 2.36. The monoisotopic (exact) mass is 437 g/mol. The Bertz CT molecular complexity index is 1440. The summed E-state index contributed by atoms with van der Waals surface area (Å²) in [7, 11) is 0. The van der Waals surface area contributed by atoms with Gasteiger partial charge in [0.2, 0.25) is 0 Å². The van der Waals surface area contributed by atoms with E-state index < -0.39 is 13.3 Å². The Kier molecular flexibility index (Phi) is 3.43. The molecule has 0 N–H and O–H groups in total. The molecule has 0 amide bonds. The van der Waals surface area contributed by atoms with Gasteiger partial charge >= 0.3 is 173 Å². The van der Waals surface area contributed by atoms with Gasteiger partial charge in [0.1, 0.15) is 0 Å². The van der Waals surface area contributed by atoms with Gasteiger partial charge in [0.05, 0.1) is 0 Å². The number of nitrogens with zero attached hydrogens (tertiary/aromatic N) is 1. The summed E-state index contributed by atoms with van der Waals surface area (Å²) in [6, 6.07) is 24.2. The predicted molar refractivity (Wildman–Crippen MR) is 124 cm³/mol. The summed E-state index contributed by atoms with van der Waals surface area (Å²) in [5.74, 6) is 4.97. The van der Waals surface area contributed by atoms with Crippen LogP contribution in [-0.4, -0.2) is 18.3 Å². The van der Waals surface area contributed by atoms with E-state index in [1.807, 2.05) is 12.3 Å². The normalized spacial score (nSPS) is 14.3. The molecule has 1 aliphatic heterocycles. The predicted octanol–water partition coefficient (Wildman–Crippen LogP) is 5.76. The second-order valence-electron chi connectivity index (χ2n) is 8.57. The molecule has 3 heterocycles. The third-order valence-electron chi connectivity index (χ3n) is 6.39. The quantitative estimate of drug-likeness (QED) is 0.313. The van der Waals surface area contributed by atoms with E-state index in [4.69, 9.17) is 4.42 Å². The van der Waals surface area contributed by atoms with Crippen LogP contribution < -0.4 is 8.79 Å². The van der Waals surface area contributed by atoms with Crippen molar-refractivity contribution in [3.8, 4) is 22.4 Å². The van der Waals surface area contributed by atoms with E-state index in [9.17, 15) is 0 Å². The minimum atomic E-state index is -2.29. The van der Waals surface area contributed by atoms with Gasteiger partial charge in [0.15, 0.2) is 0 Å². The molecule has 0 unspecified atom stereocenters. The number of pyridine rings is 1. The Hall–Kier alpha value is -2.85. The molecule has 0 spiro atoms. The van der Waals surface area contributed by atoms with E-state index in [1.165, 1.54) is 31.9 Å². The van der Waals surface area contributed by atoms with Gasteiger partial charge in [-0.15, -0.1) is 0 Å². The van der Waals surface area contributed by atoms with E-state index in [2.05, 4.69) is 84.1 Å². The molecule has 1 aliphatic rings. The summed E-state index contributed by atoms with van der Waals surface area (Å²) < 4.78 is 9.58. The Morgan fingerprint density at radius 2 is 1.59 bits per heavy atom. The van der Waals surface area contributed by atoms with Crippen molar-refractivity contribution in [3.05, 3.63) is 78.5 Å². The van der Waals surface area contributed by atoms with Crippen molar-refractivity contribution in [2.24, 2.45) is 0 Å². The number of rotatable bonds is 1. The molecule has 6 rings (SSSR count). The van der Waals surface area contributed by atoms with Crippen LogP contribution in [0.3, 0.4) is 0 Å². The zero-order valence-corrected chi connectivity index (χ0v) is 18.9. The first-order valence-electron chi connectivity index (χ1n) is 10.1. The fourth-order valence-corrected chi connectivity index (χ4v) is 11.3. The van der Waals surface area contributed by atoms with Crippen LogP contribution in [0.15, 0.2) is 77.3 Å². The third kappa shape index (κ3) is 2.33. The Balaban J connectivity index is 1.68. The van der Waals surface area contributed by atoms with Crippen molar-refractivity contribution in [1.29, 1.82) is 0 Å². The zero-order chi connectivity index (χ0) is 19.8. The molecule has 0 saturated heterocycles. The fourth-order valence-electron chi connectivity index (χ4n) is 4.88. The van der Waals surface area contributed by atoms with E-state index in [1.54, 1.807) is 4.40 Å². The second kappa shape index (κ2) is 5.83. The molecule has 0 fully saturated rings. The molecule has 3 aromatic carbocycles. The number of benzene rings is 3. The van der Waals surface area contributed by atoms with E-state index in [0.29, 0.717) is 0 Å². The number of hydrogen-bond donors (Lipinski definition) is 0. The molecule has 2 aromatic heterocycles. The number of hydrogen-bond acceptors (Lipinski definition) is 2. The topological polar surface area (TPSA) is 26.0 Å².